The molecule has 8 fully saturated rings. The molecular weight excluding hydrogens is 1300 g/mol. The van der Waals surface area contributed by atoms with E-state index in [9.17, 15) is 122 Å². The molecule has 25 N–H and O–H groups in total. The molecule has 41 atom stereocenters. The molecule has 554 valence electrons. The van der Waals surface area contributed by atoms with E-state index in [0.29, 0.717) is 0 Å². The lowest BCUT2D eigenvalue weighted by atomic mass is 9.88. The Hall–Kier alpha value is -2.05. The monoisotopic (exact) mass is 1390 g/mol. The van der Waals surface area contributed by atoms with E-state index in [1.807, 2.05) is 0 Å². The van der Waals surface area contributed by atoms with Crippen LogP contribution in [0.15, 0.2) is 0 Å². The lowest BCUT2D eigenvalue weighted by molar-refractivity contribution is -0.392. The van der Waals surface area contributed by atoms with Gasteiger partial charge in [0.25, 0.3) is 5.79 Å². The highest BCUT2D eigenvalue weighted by molar-refractivity contribution is 5.76. The summed E-state index contributed by atoms with van der Waals surface area (Å²) in [5.41, 5.74) is 5.93. The topological polar surface area (TPSA) is 647 Å². The molecule has 40 heteroatoms. The van der Waals surface area contributed by atoms with Crippen LogP contribution in [0.25, 0.3) is 0 Å². The predicted molar refractivity (Wildman–Crippen MR) is 297 cm³/mol. The van der Waals surface area contributed by atoms with E-state index < -0.39 is 316 Å². The van der Waals surface area contributed by atoms with E-state index in [0.717, 1.165) is 0 Å². The number of ether oxygens (including phenoxy) is 15. The average Bonchev–Trinajstić information content (AvgIpc) is 0.793. The molecule has 8 heterocycles. The number of carboxylic acid groups (broad SMARTS) is 1. The number of aliphatic hydroxyl groups is 22. The molecular formula is C55H95NO39. The summed E-state index contributed by atoms with van der Waals surface area (Å²) >= 11 is 0. The SMILES string of the molecule is CC1C(O)[C@H](O[C@@H]2OC(CO[C@]3(C(=O)O)C[C@@H](O)[C@@H](N)C([C@H](O)[C@H](O)CO)O3)[C@H](O)C(O)[C@@H]2O)[C@H](CO)O[C@H]1O[C@@H]1C(O)[C@H](O)C(CO)O[C@@H]1OCC1O[C@@H](O[C@@H]2C(CO)O[C@@H](O[C@@H]3C(CO)O[C@@H](C)[C@@H](C)C3O)[C@@H](C)C2O)[C@H](O)C(OC2O[C@H](CO)[C@@H](O)C(O)C2O)[C@@H]1O. The van der Waals surface area contributed by atoms with Crippen LogP contribution < -0.4 is 5.73 Å². The first-order valence-electron chi connectivity index (χ1n) is 31.2. The maximum absolute atomic E-state index is 12.7. The van der Waals surface area contributed by atoms with E-state index in [-0.39, 0.29) is 0 Å². The zero-order valence-electron chi connectivity index (χ0n) is 51.9. The van der Waals surface area contributed by atoms with Crippen LogP contribution in [0.3, 0.4) is 0 Å². The Labute approximate surface area is 541 Å². The van der Waals surface area contributed by atoms with Gasteiger partial charge >= 0.3 is 5.97 Å². The fraction of sp³-hybridized carbons (Fsp3) is 0.982. The van der Waals surface area contributed by atoms with Gasteiger partial charge in [-0.15, -0.1) is 0 Å². The Kier molecular flexibility index (Phi) is 27.6. The Balaban J connectivity index is 0.984. The largest absolute Gasteiger partial charge is 0.477 e. The van der Waals surface area contributed by atoms with Crippen molar-refractivity contribution in [1.29, 1.82) is 0 Å². The van der Waals surface area contributed by atoms with Gasteiger partial charge < -0.3 is 194 Å². The number of hydrogen-bond acceptors (Lipinski definition) is 39. The zero-order chi connectivity index (χ0) is 70.1. The second kappa shape index (κ2) is 33.4. The van der Waals surface area contributed by atoms with Gasteiger partial charge in [-0.1, -0.05) is 20.8 Å². The molecule has 0 bridgehead atoms. The summed E-state index contributed by atoms with van der Waals surface area (Å²) in [4.78, 5) is 12.7. The molecule has 8 aliphatic heterocycles. The molecule has 95 heavy (non-hydrogen) atoms. The van der Waals surface area contributed by atoms with Crippen molar-refractivity contribution in [3.05, 3.63) is 0 Å². The van der Waals surface area contributed by atoms with Gasteiger partial charge in [-0.2, -0.15) is 0 Å². The Morgan fingerprint density at radius 2 is 0.821 bits per heavy atom. The van der Waals surface area contributed by atoms with Crippen LogP contribution in [0.5, 0.6) is 0 Å². The van der Waals surface area contributed by atoms with Crippen LogP contribution in [-0.2, 0) is 75.8 Å². The Bertz CT molecular complexity index is 2360. The van der Waals surface area contributed by atoms with Gasteiger partial charge in [0.05, 0.1) is 89.4 Å². The third kappa shape index (κ3) is 16.4. The molecule has 0 amide bonds. The molecule has 0 aromatic carbocycles. The summed E-state index contributed by atoms with van der Waals surface area (Å²) in [5.74, 6) is -7.78. The molecule has 40 nitrogen and oxygen atoms in total. The molecule has 0 radical (unpaired) electrons. The minimum Gasteiger partial charge on any atom is -0.477 e. The van der Waals surface area contributed by atoms with Crippen LogP contribution >= 0.6 is 0 Å². The zero-order valence-corrected chi connectivity index (χ0v) is 51.9. The second-order valence-electron chi connectivity index (χ2n) is 25.4. The van der Waals surface area contributed by atoms with Crippen LogP contribution in [0, 0.1) is 17.8 Å². The van der Waals surface area contributed by atoms with Gasteiger partial charge in [0.15, 0.2) is 37.7 Å². The molecule has 0 spiro atoms. The van der Waals surface area contributed by atoms with Crippen LogP contribution in [-0.4, -0.2) is 409 Å². The van der Waals surface area contributed by atoms with Gasteiger partial charge in [0.1, 0.15) is 153 Å². The fourth-order valence-electron chi connectivity index (χ4n) is 12.7. The molecule has 8 saturated heterocycles. The lowest BCUT2D eigenvalue weighted by Gasteiger charge is -2.50. The van der Waals surface area contributed by atoms with Crippen molar-refractivity contribution < 1.29 is 193 Å². The molecule has 16 unspecified atom stereocenters. The van der Waals surface area contributed by atoms with Gasteiger partial charge in [-0.3, -0.25) is 0 Å². The fourth-order valence-corrected chi connectivity index (χ4v) is 12.7. The molecule has 0 aromatic heterocycles. The van der Waals surface area contributed by atoms with E-state index in [1.165, 1.54) is 13.8 Å². The summed E-state index contributed by atoms with van der Waals surface area (Å²) in [6.45, 7) is -1.43. The Morgan fingerprint density at radius 3 is 1.31 bits per heavy atom. The highest BCUT2D eigenvalue weighted by atomic mass is 16.8. The van der Waals surface area contributed by atoms with Crippen molar-refractivity contribution in [3.8, 4) is 0 Å². The summed E-state index contributed by atoms with van der Waals surface area (Å²) in [5, 5.41) is 249. The van der Waals surface area contributed by atoms with Crippen LogP contribution in [0.4, 0.5) is 0 Å². The van der Waals surface area contributed by atoms with Crippen molar-refractivity contribution in [2.24, 2.45) is 23.5 Å². The van der Waals surface area contributed by atoms with Gasteiger partial charge in [-0.25, -0.2) is 4.79 Å². The molecule has 0 aliphatic carbocycles. The summed E-state index contributed by atoms with van der Waals surface area (Å²) in [6.07, 6.45) is -66.1. The quantitative estimate of drug-likeness (QED) is 0.0404. The van der Waals surface area contributed by atoms with Gasteiger partial charge in [0.2, 0.25) is 0 Å². The van der Waals surface area contributed by atoms with Crippen molar-refractivity contribution in [3.63, 3.8) is 0 Å². The summed E-state index contributed by atoms with van der Waals surface area (Å²) in [6, 6.07) is -1.53. The van der Waals surface area contributed by atoms with Crippen LogP contribution in [0.1, 0.15) is 34.1 Å². The standard InChI is InChI=1S/C55H95NO39/c1-14-17(4)83-22(9-60)42(28(14)65)90-48-15(2)29(66)44(24(11-62)86-48)92-52-41(78)46(93-50-39(76)36(73)32(69)20(7-58)84-50)35(72)25(88-52)12-81-53-47(38(75)33(70)21(8-59)85-53)94-49-16(3)30(67)43(23(10-61)87-49)91-51-40(77)37(74)34(71)26(89-51)13-82-55(54(79)80)5-18(63)27(56)45(95-55)31(68)19(64)6-57/h14-53,57-78H,5-13,56H2,1-4H3,(H,79,80)/t14-,15+,16?,17+,18-,19-,20-,21?,22?,23+,24?,25?,26?,27-,28?,29?,30?,31-,32-,33-,34+,35-,36?,37?,38?,39?,40+,41-,42-,43-,44-,45?,46?,47-,48+,49+,50?,51+,52+,53+,55-/m1/s1. The van der Waals surface area contributed by atoms with Crippen LogP contribution in [0.2, 0.25) is 0 Å². The summed E-state index contributed by atoms with van der Waals surface area (Å²) < 4.78 is 88.2. The van der Waals surface area contributed by atoms with Crippen molar-refractivity contribution in [2.45, 2.75) is 267 Å². The third-order valence-electron chi connectivity index (χ3n) is 19.1. The third-order valence-corrected chi connectivity index (χ3v) is 19.1. The van der Waals surface area contributed by atoms with Crippen molar-refractivity contribution >= 4 is 5.97 Å². The van der Waals surface area contributed by atoms with E-state index in [4.69, 9.17) is 76.8 Å². The number of hydrogen-bond donors (Lipinski definition) is 24. The normalized spacial score (nSPS) is 51.6. The first kappa shape index (κ1) is 78.7. The average molecular weight is 1390 g/mol. The number of carbonyl (C=O) groups is 1. The van der Waals surface area contributed by atoms with Gasteiger partial charge in [0, 0.05) is 24.2 Å². The smallest absolute Gasteiger partial charge is 0.364 e. The molecule has 0 saturated carbocycles. The first-order chi connectivity index (χ1) is 44.8. The summed E-state index contributed by atoms with van der Waals surface area (Å²) in [7, 11) is 0. The van der Waals surface area contributed by atoms with Crippen molar-refractivity contribution in [1.82, 2.24) is 0 Å². The number of carboxylic acids is 1. The maximum Gasteiger partial charge on any atom is 0.364 e. The Morgan fingerprint density at radius 1 is 0.432 bits per heavy atom. The molecule has 0 aromatic rings. The van der Waals surface area contributed by atoms with Crippen molar-refractivity contribution in [2.75, 3.05) is 52.9 Å². The van der Waals surface area contributed by atoms with E-state index in [2.05, 4.69) is 0 Å². The number of aliphatic hydroxyl groups excluding tert-OH is 22. The number of nitrogens with two attached hydrogens (primary N) is 1. The minimum atomic E-state index is -2.90. The highest BCUT2D eigenvalue weighted by Crippen LogP contribution is 2.41. The second-order valence-corrected chi connectivity index (χ2v) is 25.4. The van der Waals surface area contributed by atoms with E-state index in [1.54, 1.807) is 13.8 Å². The van der Waals surface area contributed by atoms with E-state index >= 15 is 0 Å². The molecule has 8 rings (SSSR count). The lowest BCUT2D eigenvalue weighted by Crippen LogP contribution is -2.67. The maximum atomic E-state index is 12.7. The number of aliphatic carboxylic acids is 1. The van der Waals surface area contributed by atoms with Gasteiger partial charge in [-0.05, 0) is 6.92 Å². The first-order valence-corrected chi connectivity index (χ1v) is 31.2. The number of rotatable bonds is 25. The highest BCUT2D eigenvalue weighted by Gasteiger charge is 2.60. The molecule has 8 aliphatic rings. The predicted octanol–water partition coefficient (Wildman–Crippen LogP) is -14.4. The minimum absolute atomic E-state index is 0.497.